The molecular formula is C19H30BrN. The number of hydrogen-bond donors (Lipinski definition) is 1. The van der Waals surface area contributed by atoms with Gasteiger partial charge in [-0.3, -0.25) is 0 Å². The number of halogens is 1. The van der Waals surface area contributed by atoms with E-state index in [9.17, 15) is 0 Å². The van der Waals surface area contributed by atoms with Crippen LogP contribution < -0.4 is 5.32 Å². The molecule has 0 saturated heterocycles. The third kappa shape index (κ3) is 5.41. The predicted molar refractivity (Wildman–Crippen MR) is 95.6 cm³/mol. The lowest BCUT2D eigenvalue weighted by molar-refractivity contribution is 0.378. The van der Waals surface area contributed by atoms with Crippen molar-refractivity contribution >= 4 is 15.9 Å². The van der Waals surface area contributed by atoms with Gasteiger partial charge in [-0.1, -0.05) is 67.6 Å². The molecule has 0 aliphatic heterocycles. The predicted octanol–water partition coefficient (Wildman–Crippen LogP) is 6.24. The summed E-state index contributed by atoms with van der Waals surface area (Å²) >= 11 is 3.53. The SMILES string of the molecule is CCCC1CCCC(NC(CC)c2ccc(Br)cc2)CC1. The van der Waals surface area contributed by atoms with Gasteiger partial charge in [0.2, 0.25) is 0 Å². The lowest BCUT2D eigenvalue weighted by Gasteiger charge is -2.25. The molecule has 118 valence electrons. The standard InChI is InChI=1S/C19H30BrN/c1-3-6-15-7-5-8-18(14-9-15)21-19(4-2)16-10-12-17(20)13-11-16/h10-13,15,18-19,21H,3-9,14H2,1-2H3. The van der Waals surface area contributed by atoms with Crippen molar-refractivity contribution in [1.29, 1.82) is 0 Å². The molecule has 0 bridgehead atoms. The summed E-state index contributed by atoms with van der Waals surface area (Å²) in [5.41, 5.74) is 1.43. The molecule has 1 aromatic rings. The molecule has 0 radical (unpaired) electrons. The summed E-state index contributed by atoms with van der Waals surface area (Å²) in [7, 11) is 0. The van der Waals surface area contributed by atoms with E-state index in [4.69, 9.17) is 0 Å². The van der Waals surface area contributed by atoms with E-state index in [0.29, 0.717) is 12.1 Å². The molecule has 1 aliphatic rings. The van der Waals surface area contributed by atoms with Crippen LogP contribution in [0.5, 0.6) is 0 Å². The second-order valence-electron chi connectivity index (χ2n) is 6.54. The average Bonchev–Trinajstić information content (AvgIpc) is 2.72. The van der Waals surface area contributed by atoms with E-state index in [1.165, 1.54) is 50.5 Å². The third-order valence-corrected chi connectivity index (χ3v) is 5.43. The van der Waals surface area contributed by atoms with E-state index < -0.39 is 0 Å². The van der Waals surface area contributed by atoms with Crippen molar-refractivity contribution in [3.63, 3.8) is 0 Å². The summed E-state index contributed by atoms with van der Waals surface area (Å²) < 4.78 is 1.16. The van der Waals surface area contributed by atoms with Crippen molar-refractivity contribution < 1.29 is 0 Å². The maximum atomic E-state index is 3.93. The summed E-state index contributed by atoms with van der Waals surface area (Å²) in [5, 5.41) is 3.93. The van der Waals surface area contributed by atoms with Crippen LogP contribution in [0.2, 0.25) is 0 Å². The smallest absolute Gasteiger partial charge is 0.0320 e. The summed E-state index contributed by atoms with van der Waals surface area (Å²) in [6, 6.07) is 10.0. The van der Waals surface area contributed by atoms with E-state index in [2.05, 4.69) is 59.4 Å². The quantitative estimate of drug-likeness (QED) is 0.598. The van der Waals surface area contributed by atoms with Crippen LogP contribution in [0.25, 0.3) is 0 Å². The van der Waals surface area contributed by atoms with E-state index in [1.54, 1.807) is 0 Å². The van der Waals surface area contributed by atoms with Gasteiger partial charge in [-0.25, -0.2) is 0 Å². The first kappa shape index (κ1) is 17.0. The minimum atomic E-state index is 0.505. The number of nitrogens with one attached hydrogen (secondary N) is 1. The third-order valence-electron chi connectivity index (χ3n) is 4.90. The molecule has 2 heteroatoms. The maximum Gasteiger partial charge on any atom is 0.0320 e. The largest absolute Gasteiger partial charge is 0.307 e. The number of benzene rings is 1. The lowest BCUT2D eigenvalue weighted by atomic mass is 9.95. The highest BCUT2D eigenvalue weighted by Gasteiger charge is 2.20. The van der Waals surface area contributed by atoms with Gasteiger partial charge in [-0.15, -0.1) is 0 Å². The van der Waals surface area contributed by atoms with Gasteiger partial charge in [-0.05, 0) is 49.3 Å². The highest BCUT2D eigenvalue weighted by molar-refractivity contribution is 9.10. The van der Waals surface area contributed by atoms with Crippen LogP contribution in [-0.4, -0.2) is 6.04 Å². The minimum absolute atomic E-state index is 0.505. The van der Waals surface area contributed by atoms with Crippen LogP contribution >= 0.6 is 15.9 Å². The fraction of sp³-hybridized carbons (Fsp3) is 0.684. The molecule has 1 aliphatic carbocycles. The first-order valence-electron chi connectivity index (χ1n) is 8.74. The molecule has 0 spiro atoms. The van der Waals surface area contributed by atoms with Crippen molar-refractivity contribution in [2.75, 3.05) is 0 Å². The van der Waals surface area contributed by atoms with Crippen LogP contribution in [-0.2, 0) is 0 Å². The lowest BCUT2D eigenvalue weighted by Crippen LogP contribution is -2.32. The van der Waals surface area contributed by atoms with Gasteiger partial charge < -0.3 is 5.32 Å². The Morgan fingerprint density at radius 1 is 1.10 bits per heavy atom. The molecule has 1 aromatic carbocycles. The molecule has 1 N–H and O–H groups in total. The fourth-order valence-corrected chi connectivity index (χ4v) is 3.94. The van der Waals surface area contributed by atoms with Crippen LogP contribution in [0.4, 0.5) is 0 Å². The normalized spacial score (nSPS) is 24.5. The first-order valence-corrected chi connectivity index (χ1v) is 9.53. The van der Waals surface area contributed by atoms with Gasteiger partial charge in [0.15, 0.2) is 0 Å². The van der Waals surface area contributed by atoms with Gasteiger partial charge in [0.1, 0.15) is 0 Å². The summed E-state index contributed by atoms with van der Waals surface area (Å²) in [6.07, 6.45) is 10.9. The summed E-state index contributed by atoms with van der Waals surface area (Å²) in [6.45, 7) is 4.61. The monoisotopic (exact) mass is 351 g/mol. The average molecular weight is 352 g/mol. The van der Waals surface area contributed by atoms with E-state index in [1.807, 2.05) is 0 Å². The molecule has 0 heterocycles. The molecule has 2 rings (SSSR count). The Morgan fingerprint density at radius 3 is 2.52 bits per heavy atom. The van der Waals surface area contributed by atoms with E-state index in [0.717, 1.165) is 16.8 Å². The Morgan fingerprint density at radius 2 is 1.86 bits per heavy atom. The Hall–Kier alpha value is -0.340. The zero-order valence-electron chi connectivity index (χ0n) is 13.6. The van der Waals surface area contributed by atoms with Crippen LogP contribution in [0, 0.1) is 5.92 Å². The molecule has 0 aromatic heterocycles. The zero-order valence-corrected chi connectivity index (χ0v) is 15.2. The van der Waals surface area contributed by atoms with Gasteiger partial charge >= 0.3 is 0 Å². The van der Waals surface area contributed by atoms with Gasteiger partial charge in [0.05, 0.1) is 0 Å². The van der Waals surface area contributed by atoms with Crippen molar-refractivity contribution in [1.82, 2.24) is 5.32 Å². The van der Waals surface area contributed by atoms with E-state index >= 15 is 0 Å². The van der Waals surface area contributed by atoms with Crippen LogP contribution in [0.1, 0.15) is 76.8 Å². The second-order valence-corrected chi connectivity index (χ2v) is 7.45. The molecule has 3 atom stereocenters. The number of hydrogen-bond acceptors (Lipinski definition) is 1. The fourth-order valence-electron chi connectivity index (χ4n) is 3.67. The van der Waals surface area contributed by atoms with Crippen molar-refractivity contribution in [3.8, 4) is 0 Å². The minimum Gasteiger partial charge on any atom is -0.307 e. The van der Waals surface area contributed by atoms with Gasteiger partial charge in [0, 0.05) is 16.6 Å². The molecule has 21 heavy (non-hydrogen) atoms. The Balaban J connectivity index is 1.91. The topological polar surface area (TPSA) is 12.0 Å². The second kappa shape index (κ2) is 8.95. The molecule has 0 amide bonds. The summed E-state index contributed by atoms with van der Waals surface area (Å²) in [5.74, 6) is 0.981. The highest BCUT2D eigenvalue weighted by Crippen LogP contribution is 2.29. The van der Waals surface area contributed by atoms with Gasteiger partial charge in [-0.2, -0.15) is 0 Å². The van der Waals surface area contributed by atoms with Crippen molar-refractivity contribution in [2.45, 2.75) is 77.3 Å². The zero-order chi connectivity index (χ0) is 15.1. The number of rotatable bonds is 6. The molecule has 1 nitrogen and oxygen atoms in total. The molecule has 3 unspecified atom stereocenters. The Bertz CT molecular complexity index is 401. The Kier molecular flexibility index (Phi) is 7.25. The molecule has 1 fully saturated rings. The maximum absolute atomic E-state index is 3.93. The van der Waals surface area contributed by atoms with Crippen molar-refractivity contribution in [3.05, 3.63) is 34.3 Å². The van der Waals surface area contributed by atoms with E-state index in [-0.39, 0.29) is 0 Å². The first-order chi connectivity index (χ1) is 10.2. The van der Waals surface area contributed by atoms with Crippen LogP contribution in [0.3, 0.4) is 0 Å². The Labute approximate surface area is 139 Å². The molecular weight excluding hydrogens is 322 g/mol. The molecule has 1 saturated carbocycles. The van der Waals surface area contributed by atoms with Crippen molar-refractivity contribution in [2.24, 2.45) is 5.92 Å². The van der Waals surface area contributed by atoms with Gasteiger partial charge in [0.25, 0.3) is 0 Å². The summed E-state index contributed by atoms with van der Waals surface area (Å²) in [4.78, 5) is 0. The highest BCUT2D eigenvalue weighted by atomic mass is 79.9. The van der Waals surface area contributed by atoms with Crippen LogP contribution in [0.15, 0.2) is 28.7 Å².